The molecule has 3 heteroatoms. The molecule has 0 unspecified atom stereocenters. The van der Waals surface area contributed by atoms with Crippen molar-refractivity contribution in [3.63, 3.8) is 0 Å². The van der Waals surface area contributed by atoms with Crippen molar-refractivity contribution in [3.8, 4) is 5.88 Å². The predicted molar refractivity (Wildman–Crippen MR) is 49.1 cm³/mol. The van der Waals surface area contributed by atoms with Crippen LogP contribution in [0.2, 0.25) is 0 Å². The van der Waals surface area contributed by atoms with E-state index in [-0.39, 0.29) is 0 Å². The molecule has 0 spiro atoms. The zero-order chi connectivity index (χ0) is 9.68. The second-order valence-corrected chi connectivity index (χ2v) is 2.85. The molecule has 0 N–H and O–H groups in total. The molecule has 0 radical (unpaired) electrons. The maximum Gasteiger partial charge on any atom is 0.216 e. The summed E-state index contributed by atoms with van der Waals surface area (Å²) in [7, 11) is 0. The predicted octanol–water partition coefficient (Wildman–Crippen LogP) is 2.57. The Kier molecular flexibility index (Phi) is 3.43. The summed E-state index contributed by atoms with van der Waals surface area (Å²) in [6.07, 6.45) is 0.762. The van der Waals surface area contributed by atoms with Gasteiger partial charge in [0.25, 0.3) is 0 Å². The minimum atomic E-state index is -0.521. The third-order valence-electron chi connectivity index (χ3n) is 1.47. The summed E-state index contributed by atoms with van der Waals surface area (Å²) in [5, 5.41) is 0. The van der Waals surface area contributed by atoms with E-state index in [0.29, 0.717) is 12.5 Å². The van der Waals surface area contributed by atoms with Gasteiger partial charge in [-0.25, -0.2) is 0 Å². The van der Waals surface area contributed by atoms with Gasteiger partial charge in [0.1, 0.15) is 0 Å². The molecule has 1 aromatic heterocycles. The van der Waals surface area contributed by atoms with Gasteiger partial charge in [0.2, 0.25) is 11.8 Å². The molecule has 70 valence electrons. The lowest BCUT2D eigenvalue weighted by molar-refractivity contribution is 0.304. The first-order valence-electron chi connectivity index (χ1n) is 4.08. The molecule has 0 saturated heterocycles. The van der Waals surface area contributed by atoms with Crippen LogP contribution in [0.3, 0.4) is 0 Å². The summed E-state index contributed by atoms with van der Waals surface area (Å²) in [6.45, 7) is 6.14. The monoisotopic (exact) mass is 181 g/mol. The molecule has 0 fully saturated rings. The first-order valence-corrected chi connectivity index (χ1v) is 4.08. The van der Waals surface area contributed by atoms with Crippen molar-refractivity contribution in [3.05, 3.63) is 36.3 Å². The molecular weight excluding hydrogens is 169 g/mol. The number of halogens is 1. The average Bonchev–Trinajstić information content (AvgIpc) is 2.03. The summed E-state index contributed by atoms with van der Waals surface area (Å²) in [5.74, 6) is -0.200. The van der Waals surface area contributed by atoms with E-state index in [9.17, 15) is 4.39 Å². The van der Waals surface area contributed by atoms with E-state index >= 15 is 0 Å². The fraction of sp³-hybridized carbons (Fsp3) is 0.300. The Hall–Kier alpha value is -1.38. The van der Waals surface area contributed by atoms with Gasteiger partial charge in [-0.3, -0.25) is 0 Å². The molecule has 1 aromatic rings. The van der Waals surface area contributed by atoms with Gasteiger partial charge in [-0.2, -0.15) is 9.37 Å². The van der Waals surface area contributed by atoms with Gasteiger partial charge < -0.3 is 4.74 Å². The molecule has 1 rings (SSSR count). The number of pyridine rings is 1. The van der Waals surface area contributed by atoms with Gasteiger partial charge >= 0.3 is 0 Å². The van der Waals surface area contributed by atoms with Gasteiger partial charge in [-0.15, -0.1) is 6.58 Å². The Morgan fingerprint density at radius 1 is 1.62 bits per heavy atom. The minimum absolute atomic E-state index is 0.321. The maximum atomic E-state index is 12.5. The highest BCUT2D eigenvalue weighted by atomic mass is 19.1. The second kappa shape index (κ2) is 4.60. The highest BCUT2D eigenvalue weighted by molar-refractivity contribution is 5.10. The van der Waals surface area contributed by atoms with Crippen LogP contribution in [-0.4, -0.2) is 11.6 Å². The number of nitrogens with zero attached hydrogens (tertiary/aromatic N) is 1. The van der Waals surface area contributed by atoms with Crippen LogP contribution in [0.25, 0.3) is 0 Å². The van der Waals surface area contributed by atoms with Gasteiger partial charge in [0, 0.05) is 12.5 Å². The Morgan fingerprint density at radius 2 is 2.38 bits per heavy atom. The van der Waals surface area contributed by atoms with Crippen LogP contribution in [0, 0.1) is 5.95 Å². The van der Waals surface area contributed by atoms with Crippen LogP contribution in [0.1, 0.15) is 13.3 Å². The third-order valence-corrected chi connectivity index (χ3v) is 1.47. The molecule has 0 aromatic carbocycles. The first kappa shape index (κ1) is 9.71. The maximum absolute atomic E-state index is 12.5. The van der Waals surface area contributed by atoms with Crippen molar-refractivity contribution in [1.82, 2.24) is 4.98 Å². The molecule has 2 nitrogen and oxygen atoms in total. The lowest BCUT2D eigenvalue weighted by Gasteiger charge is -2.03. The quantitative estimate of drug-likeness (QED) is 0.526. The van der Waals surface area contributed by atoms with Crippen LogP contribution < -0.4 is 4.74 Å². The van der Waals surface area contributed by atoms with E-state index in [0.717, 1.165) is 12.0 Å². The van der Waals surface area contributed by atoms with Crippen molar-refractivity contribution < 1.29 is 9.13 Å². The van der Waals surface area contributed by atoms with Gasteiger partial charge in [0.05, 0.1) is 6.61 Å². The normalized spacial score (nSPS) is 9.69. The van der Waals surface area contributed by atoms with Gasteiger partial charge in [-0.05, 0) is 13.0 Å². The van der Waals surface area contributed by atoms with Crippen molar-refractivity contribution in [1.29, 1.82) is 0 Å². The van der Waals surface area contributed by atoms with E-state index in [1.54, 1.807) is 12.1 Å². The van der Waals surface area contributed by atoms with Crippen LogP contribution in [0.5, 0.6) is 5.88 Å². The van der Waals surface area contributed by atoms with E-state index in [4.69, 9.17) is 4.74 Å². The average molecular weight is 181 g/mol. The van der Waals surface area contributed by atoms with E-state index in [1.807, 2.05) is 6.92 Å². The Bertz CT molecular complexity index is 299. The fourth-order valence-electron chi connectivity index (χ4n) is 0.800. The molecule has 13 heavy (non-hydrogen) atoms. The fourth-order valence-corrected chi connectivity index (χ4v) is 0.800. The zero-order valence-corrected chi connectivity index (χ0v) is 7.59. The lowest BCUT2D eigenvalue weighted by atomic mass is 10.3. The van der Waals surface area contributed by atoms with Crippen LogP contribution in [0.4, 0.5) is 4.39 Å². The van der Waals surface area contributed by atoms with Crippen molar-refractivity contribution in [2.75, 3.05) is 6.61 Å². The Balaban J connectivity index is 2.41. The third kappa shape index (κ3) is 3.69. The van der Waals surface area contributed by atoms with Crippen LogP contribution >= 0.6 is 0 Å². The summed E-state index contributed by atoms with van der Waals surface area (Å²) >= 11 is 0. The first-order chi connectivity index (χ1) is 6.18. The molecule has 0 amide bonds. The van der Waals surface area contributed by atoms with Gasteiger partial charge in [-0.1, -0.05) is 11.6 Å². The molecule has 0 aliphatic rings. The lowest BCUT2D eigenvalue weighted by Crippen LogP contribution is -1.99. The topological polar surface area (TPSA) is 22.1 Å². The summed E-state index contributed by atoms with van der Waals surface area (Å²) in [4.78, 5) is 3.55. The summed E-state index contributed by atoms with van der Waals surface area (Å²) < 4.78 is 17.7. The van der Waals surface area contributed by atoms with Crippen LogP contribution in [0.15, 0.2) is 30.4 Å². The number of aromatic nitrogens is 1. The Morgan fingerprint density at radius 3 is 3.00 bits per heavy atom. The molecule has 0 saturated carbocycles. The largest absolute Gasteiger partial charge is 0.477 e. The number of rotatable bonds is 4. The van der Waals surface area contributed by atoms with Crippen molar-refractivity contribution >= 4 is 0 Å². The SMILES string of the molecule is C=C(C)CCOc1cccc(F)n1. The number of hydrogen-bond donors (Lipinski definition) is 0. The smallest absolute Gasteiger partial charge is 0.216 e. The van der Waals surface area contributed by atoms with Gasteiger partial charge in [0.15, 0.2) is 0 Å². The van der Waals surface area contributed by atoms with E-state index in [1.165, 1.54) is 6.07 Å². The molecule has 0 aliphatic carbocycles. The molecule has 0 aliphatic heterocycles. The van der Waals surface area contributed by atoms with Crippen molar-refractivity contribution in [2.24, 2.45) is 0 Å². The second-order valence-electron chi connectivity index (χ2n) is 2.85. The highest BCUT2D eigenvalue weighted by Crippen LogP contribution is 2.07. The molecule has 0 bridgehead atoms. The van der Waals surface area contributed by atoms with Crippen LogP contribution in [-0.2, 0) is 0 Å². The zero-order valence-electron chi connectivity index (χ0n) is 7.59. The minimum Gasteiger partial charge on any atom is -0.477 e. The number of ether oxygens (including phenoxy) is 1. The molecule has 0 atom stereocenters. The van der Waals surface area contributed by atoms with E-state index < -0.39 is 5.95 Å². The highest BCUT2D eigenvalue weighted by Gasteiger charge is 1.96. The van der Waals surface area contributed by atoms with E-state index in [2.05, 4.69) is 11.6 Å². The van der Waals surface area contributed by atoms with Crippen molar-refractivity contribution in [2.45, 2.75) is 13.3 Å². The standard InChI is InChI=1S/C10H12FNO/c1-8(2)6-7-13-10-5-3-4-9(11)12-10/h3-5H,1,6-7H2,2H3. The summed E-state index contributed by atoms with van der Waals surface area (Å²) in [5.41, 5.74) is 1.04. The summed E-state index contributed by atoms with van der Waals surface area (Å²) in [6, 6.07) is 4.48. The molecule has 1 heterocycles. The molecular formula is C10H12FNO. The Labute approximate surface area is 77.1 Å². The number of hydrogen-bond acceptors (Lipinski definition) is 2.